The number of halogens is 1. The third-order valence-corrected chi connectivity index (χ3v) is 3.29. The van der Waals surface area contributed by atoms with Crippen molar-refractivity contribution in [2.75, 3.05) is 6.61 Å². The lowest BCUT2D eigenvalue weighted by molar-refractivity contribution is 0.0975. The Hall–Kier alpha value is -0.830. The fourth-order valence-electron chi connectivity index (χ4n) is 1.85. The standard InChI is InChI=1S/C15H21BrO2/c1-3-5-6-7-8-14(17)13-11-12(16)9-10-15(13)18-4-2/h9-11H,3-8H2,1-2H3. The van der Waals surface area contributed by atoms with E-state index in [1.165, 1.54) is 12.8 Å². The van der Waals surface area contributed by atoms with Gasteiger partial charge in [0.15, 0.2) is 5.78 Å². The highest BCUT2D eigenvalue weighted by atomic mass is 79.9. The molecule has 0 radical (unpaired) electrons. The molecular weight excluding hydrogens is 292 g/mol. The molecule has 0 saturated carbocycles. The van der Waals surface area contributed by atoms with Gasteiger partial charge in [0.1, 0.15) is 5.75 Å². The average Bonchev–Trinajstić information content (AvgIpc) is 2.37. The molecule has 0 aliphatic heterocycles. The number of benzene rings is 1. The van der Waals surface area contributed by atoms with Crippen LogP contribution in [-0.2, 0) is 0 Å². The molecule has 0 spiro atoms. The van der Waals surface area contributed by atoms with Gasteiger partial charge < -0.3 is 4.74 Å². The molecule has 100 valence electrons. The highest BCUT2D eigenvalue weighted by Gasteiger charge is 2.12. The summed E-state index contributed by atoms with van der Waals surface area (Å²) in [5.41, 5.74) is 0.697. The topological polar surface area (TPSA) is 26.3 Å². The summed E-state index contributed by atoms with van der Waals surface area (Å²) < 4.78 is 6.42. The van der Waals surface area contributed by atoms with Gasteiger partial charge in [-0.15, -0.1) is 0 Å². The van der Waals surface area contributed by atoms with Gasteiger partial charge in [-0.2, -0.15) is 0 Å². The molecule has 0 aliphatic rings. The van der Waals surface area contributed by atoms with Gasteiger partial charge in [0.05, 0.1) is 12.2 Å². The Kier molecular flexibility index (Phi) is 7.02. The van der Waals surface area contributed by atoms with E-state index in [1.54, 1.807) is 0 Å². The van der Waals surface area contributed by atoms with Crippen molar-refractivity contribution in [3.63, 3.8) is 0 Å². The first kappa shape index (κ1) is 15.2. The summed E-state index contributed by atoms with van der Waals surface area (Å²) in [4.78, 5) is 12.2. The van der Waals surface area contributed by atoms with E-state index in [4.69, 9.17) is 4.74 Å². The minimum Gasteiger partial charge on any atom is -0.493 e. The molecule has 1 aromatic rings. The summed E-state index contributed by atoms with van der Waals surface area (Å²) in [5.74, 6) is 0.872. The van der Waals surface area contributed by atoms with Gasteiger partial charge in [-0.3, -0.25) is 4.79 Å². The Bertz CT molecular complexity index is 388. The minimum absolute atomic E-state index is 0.177. The van der Waals surface area contributed by atoms with Crippen LogP contribution in [0.5, 0.6) is 5.75 Å². The van der Waals surface area contributed by atoms with E-state index in [-0.39, 0.29) is 5.78 Å². The third-order valence-electron chi connectivity index (χ3n) is 2.80. The highest BCUT2D eigenvalue weighted by molar-refractivity contribution is 9.10. The molecule has 3 heteroatoms. The van der Waals surface area contributed by atoms with Crippen LogP contribution in [0.2, 0.25) is 0 Å². The number of carbonyl (C=O) groups excluding carboxylic acids is 1. The van der Waals surface area contributed by atoms with Gasteiger partial charge in [-0.25, -0.2) is 0 Å². The number of ether oxygens (including phenoxy) is 1. The lowest BCUT2D eigenvalue weighted by Crippen LogP contribution is -2.04. The fourth-order valence-corrected chi connectivity index (χ4v) is 2.21. The summed E-state index contributed by atoms with van der Waals surface area (Å²) in [5, 5.41) is 0. The average molecular weight is 313 g/mol. The molecular formula is C15H21BrO2. The molecule has 18 heavy (non-hydrogen) atoms. The maximum Gasteiger partial charge on any atom is 0.166 e. The Morgan fingerprint density at radius 1 is 1.22 bits per heavy atom. The normalized spacial score (nSPS) is 10.4. The molecule has 0 amide bonds. The molecule has 0 N–H and O–H groups in total. The maximum atomic E-state index is 12.2. The van der Waals surface area contributed by atoms with E-state index >= 15 is 0 Å². The van der Waals surface area contributed by atoms with Crippen LogP contribution < -0.4 is 4.74 Å². The van der Waals surface area contributed by atoms with Crippen LogP contribution in [0.25, 0.3) is 0 Å². The Morgan fingerprint density at radius 3 is 2.67 bits per heavy atom. The second kappa shape index (κ2) is 8.30. The molecule has 1 rings (SSSR count). The van der Waals surface area contributed by atoms with Crippen molar-refractivity contribution in [3.8, 4) is 5.75 Å². The predicted molar refractivity (Wildman–Crippen MR) is 78.4 cm³/mol. The first-order valence-electron chi connectivity index (χ1n) is 6.64. The van der Waals surface area contributed by atoms with E-state index in [1.807, 2.05) is 25.1 Å². The molecule has 0 atom stereocenters. The molecule has 0 bridgehead atoms. The van der Waals surface area contributed by atoms with E-state index in [0.29, 0.717) is 24.3 Å². The Morgan fingerprint density at radius 2 is 2.00 bits per heavy atom. The highest BCUT2D eigenvalue weighted by Crippen LogP contribution is 2.25. The molecule has 0 heterocycles. The zero-order chi connectivity index (χ0) is 13.4. The quantitative estimate of drug-likeness (QED) is 0.498. The first-order valence-corrected chi connectivity index (χ1v) is 7.43. The lowest BCUT2D eigenvalue weighted by Gasteiger charge is -2.09. The number of hydrogen-bond donors (Lipinski definition) is 0. The van der Waals surface area contributed by atoms with Gasteiger partial charge >= 0.3 is 0 Å². The van der Waals surface area contributed by atoms with Crippen molar-refractivity contribution in [3.05, 3.63) is 28.2 Å². The van der Waals surface area contributed by atoms with Crippen LogP contribution in [0, 0.1) is 0 Å². The molecule has 0 aliphatic carbocycles. The number of hydrogen-bond acceptors (Lipinski definition) is 2. The van der Waals surface area contributed by atoms with Gasteiger partial charge in [-0.05, 0) is 31.5 Å². The molecule has 0 fully saturated rings. The lowest BCUT2D eigenvalue weighted by atomic mass is 10.0. The minimum atomic E-state index is 0.177. The Labute approximate surface area is 118 Å². The number of carbonyl (C=O) groups is 1. The number of Topliss-reactive ketones (excluding diaryl/α,β-unsaturated/α-hetero) is 1. The summed E-state index contributed by atoms with van der Waals surface area (Å²) in [6.07, 6.45) is 5.08. The van der Waals surface area contributed by atoms with Gasteiger partial charge in [0, 0.05) is 10.9 Å². The van der Waals surface area contributed by atoms with Gasteiger partial charge in [0.2, 0.25) is 0 Å². The molecule has 0 saturated heterocycles. The van der Waals surface area contributed by atoms with Crippen LogP contribution in [0.3, 0.4) is 0 Å². The van der Waals surface area contributed by atoms with Crippen LogP contribution >= 0.6 is 15.9 Å². The van der Waals surface area contributed by atoms with E-state index < -0.39 is 0 Å². The van der Waals surface area contributed by atoms with Crippen molar-refractivity contribution in [1.82, 2.24) is 0 Å². The second-order valence-corrected chi connectivity index (χ2v) is 5.22. The monoisotopic (exact) mass is 312 g/mol. The third kappa shape index (κ3) is 4.81. The zero-order valence-corrected chi connectivity index (χ0v) is 12.8. The van der Waals surface area contributed by atoms with Crippen molar-refractivity contribution < 1.29 is 9.53 Å². The predicted octanol–water partition coefficient (Wildman–Crippen LogP) is 5.00. The van der Waals surface area contributed by atoms with Crippen LogP contribution in [0.4, 0.5) is 0 Å². The summed E-state index contributed by atoms with van der Waals surface area (Å²) in [6, 6.07) is 5.61. The van der Waals surface area contributed by atoms with Crippen molar-refractivity contribution >= 4 is 21.7 Å². The van der Waals surface area contributed by atoms with E-state index in [2.05, 4.69) is 22.9 Å². The number of rotatable bonds is 8. The van der Waals surface area contributed by atoms with Crippen LogP contribution in [0.1, 0.15) is 56.3 Å². The summed E-state index contributed by atoms with van der Waals surface area (Å²) in [6.45, 7) is 4.68. The van der Waals surface area contributed by atoms with Crippen molar-refractivity contribution in [2.45, 2.75) is 46.0 Å². The van der Waals surface area contributed by atoms with Crippen molar-refractivity contribution in [2.24, 2.45) is 0 Å². The van der Waals surface area contributed by atoms with Gasteiger partial charge in [-0.1, -0.05) is 42.1 Å². The Balaban J connectivity index is 2.67. The molecule has 2 nitrogen and oxygen atoms in total. The first-order chi connectivity index (χ1) is 8.69. The van der Waals surface area contributed by atoms with Gasteiger partial charge in [0.25, 0.3) is 0 Å². The molecule has 0 unspecified atom stereocenters. The van der Waals surface area contributed by atoms with Crippen molar-refractivity contribution in [1.29, 1.82) is 0 Å². The van der Waals surface area contributed by atoms with Crippen LogP contribution in [0.15, 0.2) is 22.7 Å². The summed E-state index contributed by atoms with van der Waals surface area (Å²) >= 11 is 3.40. The summed E-state index contributed by atoms with van der Waals surface area (Å²) in [7, 11) is 0. The number of ketones is 1. The maximum absolute atomic E-state index is 12.2. The smallest absolute Gasteiger partial charge is 0.166 e. The van der Waals surface area contributed by atoms with E-state index in [0.717, 1.165) is 17.3 Å². The molecule has 0 aromatic heterocycles. The SMILES string of the molecule is CCCCCCC(=O)c1cc(Br)ccc1OCC. The molecule has 1 aromatic carbocycles. The van der Waals surface area contributed by atoms with Crippen LogP contribution in [-0.4, -0.2) is 12.4 Å². The zero-order valence-electron chi connectivity index (χ0n) is 11.2. The second-order valence-electron chi connectivity index (χ2n) is 4.31. The number of unbranched alkanes of at least 4 members (excludes halogenated alkanes) is 3. The fraction of sp³-hybridized carbons (Fsp3) is 0.533. The largest absolute Gasteiger partial charge is 0.493 e. The van der Waals surface area contributed by atoms with E-state index in [9.17, 15) is 4.79 Å².